The van der Waals surface area contributed by atoms with Crippen LogP contribution in [0.25, 0.3) is 0 Å². The molecule has 0 aliphatic rings. The maximum atomic E-state index is 11.5. The van der Waals surface area contributed by atoms with Gasteiger partial charge < -0.3 is 10.0 Å². The van der Waals surface area contributed by atoms with Gasteiger partial charge in [0.2, 0.25) is 5.91 Å². The maximum Gasteiger partial charge on any atom is 0.236 e. The summed E-state index contributed by atoms with van der Waals surface area (Å²) in [6.45, 7) is 5.67. The Kier molecular flexibility index (Phi) is 4.92. The zero-order valence-electron chi connectivity index (χ0n) is 8.67. The Morgan fingerprint density at radius 2 is 2.08 bits per heavy atom. The van der Waals surface area contributed by atoms with Crippen molar-refractivity contribution in [1.29, 1.82) is 0 Å². The molecule has 3 nitrogen and oxygen atoms in total. The van der Waals surface area contributed by atoms with Crippen molar-refractivity contribution in [2.75, 3.05) is 13.6 Å². The van der Waals surface area contributed by atoms with Crippen molar-refractivity contribution in [2.24, 2.45) is 0 Å². The molecule has 0 heterocycles. The fourth-order valence-electron chi connectivity index (χ4n) is 1.07. The van der Waals surface area contributed by atoms with Gasteiger partial charge in [-0.2, -0.15) is 0 Å². The lowest BCUT2D eigenvalue weighted by molar-refractivity contribution is -0.131. The van der Waals surface area contributed by atoms with E-state index in [0.717, 1.165) is 6.42 Å². The second-order valence-corrected chi connectivity index (χ2v) is 4.99. The summed E-state index contributed by atoms with van der Waals surface area (Å²) in [6, 6.07) is 0. The molecule has 0 aliphatic carbocycles. The van der Waals surface area contributed by atoms with E-state index >= 15 is 0 Å². The zero-order valence-corrected chi connectivity index (χ0v) is 10.3. The first-order chi connectivity index (χ1) is 5.78. The third kappa shape index (κ3) is 5.26. The number of carbonyl (C=O) groups excluding carboxylic acids is 1. The Morgan fingerprint density at radius 3 is 2.38 bits per heavy atom. The lowest BCUT2D eigenvalue weighted by Gasteiger charge is -2.26. The number of carbonyl (C=O) groups is 1. The molecule has 0 rings (SSSR count). The van der Waals surface area contributed by atoms with Crippen LogP contribution in [0.1, 0.15) is 27.2 Å². The standard InChI is InChI=1S/C9H18BrNO2/c1-5-7(10)8(12)11(4)6-9(2,3)13/h7,13H,5-6H2,1-4H3. The smallest absolute Gasteiger partial charge is 0.236 e. The summed E-state index contributed by atoms with van der Waals surface area (Å²) in [5, 5.41) is 9.48. The lowest BCUT2D eigenvalue weighted by Crippen LogP contribution is -2.42. The topological polar surface area (TPSA) is 40.5 Å². The van der Waals surface area contributed by atoms with Crippen LogP contribution < -0.4 is 0 Å². The van der Waals surface area contributed by atoms with Crippen molar-refractivity contribution in [3.05, 3.63) is 0 Å². The van der Waals surface area contributed by atoms with Crippen molar-refractivity contribution in [3.63, 3.8) is 0 Å². The molecule has 0 spiro atoms. The quantitative estimate of drug-likeness (QED) is 0.768. The number of aliphatic hydroxyl groups is 1. The largest absolute Gasteiger partial charge is 0.389 e. The average Bonchev–Trinajstić information content (AvgIpc) is 1.98. The highest BCUT2D eigenvalue weighted by molar-refractivity contribution is 9.10. The minimum Gasteiger partial charge on any atom is -0.389 e. The first-order valence-electron chi connectivity index (χ1n) is 4.39. The molecule has 0 saturated heterocycles. The number of halogens is 1. The van der Waals surface area contributed by atoms with E-state index in [9.17, 15) is 9.90 Å². The number of hydrogen-bond acceptors (Lipinski definition) is 2. The zero-order chi connectivity index (χ0) is 10.6. The molecule has 0 aromatic rings. The highest BCUT2D eigenvalue weighted by Gasteiger charge is 2.22. The maximum absolute atomic E-state index is 11.5. The van der Waals surface area contributed by atoms with E-state index in [4.69, 9.17) is 0 Å². The number of likely N-dealkylation sites (N-methyl/N-ethyl adjacent to an activating group) is 1. The van der Waals surface area contributed by atoms with Gasteiger partial charge in [-0.15, -0.1) is 0 Å². The molecule has 0 saturated carbocycles. The van der Waals surface area contributed by atoms with Crippen LogP contribution in [0.3, 0.4) is 0 Å². The molecule has 0 bridgehead atoms. The molecule has 0 aliphatic heterocycles. The van der Waals surface area contributed by atoms with Crippen molar-refractivity contribution in [3.8, 4) is 0 Å². The molecule has 13 heavy (non-hydrogen) atoms. The van der Waals surface area contributed by atoms with E-state index < -0.39 is 5.60 Å². The van der Waals surface area contributed by atoms with Crippen molar-refractivity contribution >= 4 is 21.8 Å². The fraction of sp³-hybridized carbons (Fsp3) is 0.889. The fourth-order valence-corrected chi connectivity index (χ4v) is 1.42. The highest BCUT2D eigenvalue weighted by Crippen LogP contribution is 2.10. The highest BCUT2D eigenvalue weighted by atomic mass is 79.9. The van der Waals surface area contributed by atoms with Gasteiger partial charge in [-0.25, -0.2) is 0 Å². The summed E-state index contributed by atoms with van der Waals surface area (Å²) >= 11 is 3.28. The molecule has 0 fully saturated rings. The number of alkyl halides is 1. The van der Waals surface area contributed by atoms with Crippen LogP contribution in [0.2, 0.25) is 0 Å². The van der Waals surface area contributed by atoms with Crippen LogP contribution in [0, 0.1) is 0 Å². The van der Waals surface area contributed by atoms with Gasteiger partial charge in [0.1, 0.15) is 0 Å². The van der Waals surface area contributed by atoms with Gasteiger partial charge >= 0.3 is 0 Å². The molecule has 0 aromatic heterocycles. The minimum atomic E-state index is -0.829. The van der Waals surface area contributed by atoms with Gasteiger partial charge in [-0.3, -0.25) is 4.79 Å². The Balaban J connectivity index is 4.12. The van der Waals surface area contributed by atoms with Gasteiger partial charge in [0, 0.05) is 13.6 Å². The van der Waals surface area contributed by atoms with Gasteiger partial charge in [0.25, 0.3) is 0 Å². The van der Waals surface area contributed by atoms with Crippen molar-refractivity contribution < 1.29 is 9.90 Å². The molecular weight excluding hydrogens is 234 g/mol. The molecule has 1 N–H and O–H groups in total. The van der Waals surface area contributed by atoms with Crippen molar-refractivity contribution in [2.45, 2.75) is 37.6 Å². The molecule has 78 valence electrons. The SMILES string of the molecule is CCC(Br)C(=O)N(C)CC(C)(C)O. The third-order valence-corrected chi connectivity index (χ3v) is 2.67. The van der Waals surface area contributed by atoms with Crippen LogP contribution in [-0.2, 0) is 4.79 Å². The predicted octanol–water partition coefficient (Wildman–Crippen LogP) is 1.39. The summed E-state index contributed by atoms with van der Waals surface area (Å²) in [5.74, 6) is 0.0182. The Hall–Kier alpha value is -0.0900. The van der Waals surface area contributed by atoms with Crippen LogP contribution in [0.5, 0.6) is 0 Å². The summed E-state index contributed by atoms with van der Waals surface area (Å²) in [4.78, 5) is 12.9. The van der Waals surface area contributed by atoms with Gasteiger partial charge in [-0.1, -0.05) is 22.9 Å². The Bertz CT molecular complexity index is 177. The second-order valence-electron chi connectivity index (χ2n) is 3.88. The van der Waals surface area contributed by atoms with Crippen molar-refractivity contribution in [1.82, 2.24) is 4.90 Å². The van der Waals surface area contributed by atoms with Crippen LogP contribution >= 0.6 is 15.9 Å². The first-order valence-corrected chi connectivity index (χ1v) is 5.31. The van der Waals surface area contributed by atoms with E-state index in [1.165, 1.54) is 0 Å². The van der Waals surface area contributed by atoms with E-state index in [1.807, 2.05) is 6.92 Å². The number of nitrogens with zero attached hydrogens (tertiary/aromatic N) is 1. The summed E-state index contributed by atoms with van der Waals surface area (Å²) in [5.41, 5.74) is -0.829. The van der Waals surface area contributed by atoms with E-state index in [0.29, 0.717) is 6.54 Å². The molecular formula is C9H18BrNO2. The van der Waals surface area contributed by atoms with Gasteiger partial charge in [-0.05, 0) is 20.3 Å². The molecule has 0 radical (unpaired) electrons. The summed E-state index contributed by atoms with van der Waals surface area (Å²) in [6.07, 6.45) is 0.759. The van der Waals surface area contributed by atoms with E-state index in [2.05, 4.69) is 15.9 Å². The third-order valence-electron chi connectivity index (χ3n) is 1.63. The van der Waals surface area contributed by atoms with Crippen LogP contribution in [-0.4, -0.2) is 39.9 Å². The predicted molar refractivity (Wildman–Crippen MR) is 56.9 cm³/mol. The normalized spacial score (nSPS) is 14.0. The second kappa shape index (κ2) is 4.96. The number of hydrogen-bond donors (Lipinski definition) is 1. The molecule has 1 amide bonds. The lowest BCUT2D eigenvalue weighted by atomic mass is 10.1. The minimum absolute atomic E-state index is 0.0182. The van der Waals surface area contributed by atoms with Crippen LogP contribution in [0.15, 0.2) is 0 Å². The first kappa shape index (κ1) is 12.9. The molecule has 4 heteroatoms. The number of amides is 1. The summed E-state index contributed by atoms with van der Waals surface area (Å²) < 4.78 is 0. The Morgan fingerprint density at radius 1 is 1.62 bits per heavy atom. The Labute approximate surface area is 88.2 Å². The monoisotopic (exact) mass is 251 g/mol. The summed E-state index contributed by atoms with van der Waals surface area (Å²) in [7, 11) is 1.70. The molecule has 1 atom stereocenters. The molecule has 1 unspecified atom stereocenters. The van der Waals surface area contributed by atoms with Gasteiger partial charge in [0.05, 0.1) is 10.4 Å². The van der Waals surface area contributed by atoms with E-state index in [-0.39, 0.29) is 10.7 Å². The average molecular weight is 252 g/mol. The van der Waals surface area contributed by atoms with Crippen LogP contribution in [0.4, 0.5) is 0 Å². The molecule has 0 aromatic carbocycles. The van der Waals surface area contributed by atoms with E-state index in [1.54, 1.807) is 25.8 Å². The van der Waals surface area contributed by atoms with Gasteiger partial charge in [0.15, 0.2) is 0 Å². The number of rotatable bonds is 4.